The minimum atomic E-state index is -0.516. The summed E-state index contributed by atoms with van der Waals surface area (Å²) < 4.78 is 5.59. The van der Waals surface area contributed by atoms with Gasteiger partial charge in [0.05, 0.1) is 12.6 Å². The van der Waals surface area contributed by atoms with Gasteiger partial charge >= 0.3 is 0 Å². The lowest BCUT2D eigenvalue weighted by molar-refractivity contribution is -0.129. The highest BCUT2D eigenvalue weighted by atomic mass is 16.5. The standard InChI is InChI=1S/C16H22N2O3/c1-10(2)15(17-11(3)19)16(20)18-13-8-9-21-14-7-5-4-6-12(13)14/h4-7,10,13,15H,8-9H2,1-3H3,(H,17,19)(H,18,20)/t13-,15+/m0/s1. The first-order valence-corrected chi connectivity index (χ1v) is 7.28. The average molecular weight is 290 g/mol. The number of carbonyl (C=O) groups is 2. The number of nitrogens with one attached hydrogen (secondary N) is 2. The van der Waals surface area contributed by atoms with Crippen LogP contribution in [0.15, 0.2) is 24.3 Å². The number of hydrogen-bond acceptors (Lipinski definition) is 3. The zero-order valence-corrected chi connectivity index (χ0v) is 12.7. The fourth-order valence-electron chi connectivity index (χ4n) is 2.51. The first-order chi connectivity index (χ1) is 9.99. The van der Waals surface area contributed by atoms with Gasteiger partial charge in [0.25, 0.3) is 0 Å². The van der Waals surface area contributed by atoms with E-state index < -0.39 is 6.04 Å². The van der Waals surface area contributed by atoms with Crippen molar-refractivity contribution in [1.82, 2.24) is 10.6 Å². The number of rotatable bonds is 4. The van der Waals surface area contributed by atoms with Crippen LogP contribution in [0, 0.1) is 5.92 Å². The largest absolute Gasteiger partial charge is 0.493 e. The summed E-state index contributed by atoms with van der Waals surface area (Å²) in [6.07, 6.45) is 0.730. The van der Waals surface area contributed by atoms with Crippen LogP contribution in [0.1, 0.15) is 38.8 Å². The van der Waals surface area contributed by atoms with Crippen LogP contribution in [-0.2, 0) is 9.59 Å². The Morgan fingerprint density at radius 2 is 2.00 bits per heavy atom. The van der Waals surface area contributed by atoms with Gasteiger partial charge in [-0.2, -0.15) is 0 Å². The van der Waals surface area contributed by atoms with Gasteiger partial charge < -0.3 is 15.4 Å². The van der Waals surface area contributed by atoms with Gasteiger partial charge in [-0.1, -0.05) is 32.0 Å². The third-order valence-corrected chi connectivity index (χ3v) is 3.58. The first kappa shape index (κ1) is 15.4. The van der Waals surface area contributed by atoms with Gasteiger partial charge in [-0.3, -0.25) is 9.59 Å². The molecule has 1 aliphatic heterocycles. The Hall–Kier alpha value is -2.04. The summed E-state index contributed by atoms with van der Waals surface area (Å²) in [7, 11) is 0. The molecule has 2 rings (SSSR count). The van der Waals surface area contributed by atoms with Crippen molar-refractivity contribution in [1.29, 1.82) is 0 Å². The molecule has 1 aromatic carbocycles. The molecule has 0 saturated carbocycles. The van der Waals surface area contributed by atoms with Crippen LogP contribution in [0.2, 0.25) is 0 Å². The summed E-state index contributed by atoms with van der Waals surface area (Å²) in [4.78, 5) is 23.7. The molecule has 5 nitrogen and oxygen atoms in total. The second-order valence-electron chi connectivity index (χ2n) is 5.66. The Balaban J connectivity index is 2.10. The quantitative estimate of drug-likeness (QED) is 0.888. The fraction of sp³-hybridized carbons (Fsp3) is 0.500. The second kappa shape index (κ2) is 6.61. The Morgan fingerprint density at radius 3 is 2.67 bits per heavy atom. The van der Waals surface area contributed by atoms with E-state index in [-0.39, 0.29) is 23.8 Å². The zero-order chi connectivity index (χ0) is 15.4. The normalized spacial score (nSPS) is 18.4. The van der Waals surface area contributed by atoms with E-state index in [9.17, 15) is 9.59 Å². The van der Waals surface area contributed by atoms with Crippen molar-refractivity contribution < 1.29 is 14.3 Å². The molecule has 0 spiro atoms. The van der Waals surface area contributed by atoms with E-state index in [0.29, 0.717) is 6.61 Å². The number of amides is 2. The Morgan fingerprint density at radius 1 is 1.29 bits per heavy atom. The van der Waals surface area contributed by atoms with Gasteiger partial charge in [-0.15, -0.1) is 0 Å². The lowest BCUT2D eigenvalue weighted by Crippen LogP contribution is -2.50. The van der Waals surface area contributed by atoms with Gasteiger partial charge in [0.1, 0.15) is 11.8 Å². The van der Waals surface area contributed by atoms with E-state index in [1.807, 2.05) is 38.1 Å². The van der Waals surface area contributed by atoms with E-state index in [1.54, 1.807) is 0 Å². The molecule has 21 heavy (non-hydrogen) atoms. The van der Waals surface area contributed by atoms with Gasteiger partial charge in [-0.25, -0.2) is 0 Å². The highest BCUT2D eigenvalue weighted by Gasteiger charge is 2.28. The summed E-state index contributed by atoms with van der Waals surface area (Å²) in [5.41, 5.74) is 0.988. The van der Waals surface area contributed by atoms with E-state index in [0.717, 1.165) is 17.7 Å². The third kappa shape index (κ3) is 3.74. The Kier molecular flexibility index (Phi) is 4.83. The lowest BCUT2D eigenvalue weighted by Gasteiger charge is -2.29. The SMILES string of the molecule is CC(=O)N[C@@H](C(=O)N[C@H]1CCOc2ccccc21)C(C)C. The van der Waals surface area contributed by atoms with Crippen molar-refractivity contribution in [3.05, 3.63) is 29.8 Å². The maximum atomic E-state index is 12.4. The Bertz CT molecular complexity index is 528. The molecular weight excluding hydrogens is 268 g/mol. The van der Waals surface area contributed by atoms with E-state index in [1.165, 1.54) is 6.92 Å². The predicted molar refractivity (Wildman–Crippen MR) is 79.9 cm³/mol. The van der Waals surface area contributed by atoms with E-state index in [2.05, 4.69) is 10.6 Å². The van der Waals surface area contributed by atoms with E-state index >= 15 is 0 Å². The fourth-order valence-corrected chi connectivity index (χ4v) is 2.51. The summed E-state index contributed by atoms with van der Waals surface area (Å²) in [6.45, 7) is 5.83. The number of fused-ring (bicyclic) bond motifs is 1. The molecule has 5 heteroatoms. The minimum Gasteiger partial charge on any atom is -0.493 e. The molecule has 0 radical (unpaired) electrons. The monoisotopic (exact) mass is 290 g/mol. The molecule has 0 aliphatic carbocycles. The van der Waals surface area contributed by atoms with Crippen molar-refractivity contribution >= 4 is 11.8 Å². The first-order valence-electron chi connectivity index (χ1n) is 7.28. The molecule has 2 N–H and O–H groups in total. The smallest absolute Gasteiger partial charge is 0.243 e. The number of carbonyl (C=O) groups excluding carboxylic acids is 2. The van der Waals surface area contributed by atoms with Crippen LogP contribution in [0.4, 0.5) is 0 Å². The summed E-state index contributed by atoms with van der Waals surface area (Å²) >= 11 is 0. The molecule has 0 aromatic heterocycles. The maximum Gasteiger partial charge on any atom is 0.243 e. The van der Waals surface area contributed by atoms with Crippen LogP contribution < -0.4 is 15.4 Å². The van der Waals surface area contributed by atoms with Crippen LogP contribution in [-0.4, -0.2) is 24.5 Å². The van der Waals surface area contributed by atoms with Gasteiger partial charge in [0, 0.05) is 18.9 Å². The second-order valence-corrected chi connectivity index (χ2v) is 5.66. The lowest BCUT2D eigenvalue weighted by atomic mass is 9.98. The number of benzene rings is 1. The summed E-state index contributed by atoms with van der Waals surface area (Å²) in [6, 6.07) is 7.12. The van der Waals surface area contributed by atoms with Crippen molar-refractivity contribution in [2.75, 3.05) is 6.61 Å². The van der Waals surface area contributed by atoms with Crippen LogP contribution in [0.5, 0.6) is 5.75 Å². The maximum absolute atomic E-state index is 12.4. The molecule has 0 fully saturated rings. The van der Waals surface area contributed by atoms with Crippen LogP contribution in [0.3, 0.4) is 0 Å². The van der Waals surface area contributed by atoms with Crippen molar-refractivity contribution in [2.24, 2.45) is 5.92 Å². The number of para-hydroxylation sites is 1. The molecule has 2 amide bonds. The molecule has 1 heterocycles. The molecule has 114 valence electrons. The zero-order valence-electron chi connectivity index (χ0n) is 12.7. The third-order valence-electron chi connectivity index (χ3n) is 3.58. The molecule has 0 unspecified atom stereocenters. The highest BCUT2D eigenvalue weighted by molar-refractivity contribution is 5.87. The highest BCUT2D eigenvalue weighted by Crippen LogP contribution is 2.31. The summed E-state index contributed by atoms with van der Waals surface area (Å²) in [5.74, 6) is 0.497. The molecule has 2 atom stereocenters. The molecule has 1 aromatic rings. The number of hydrogen-bond donors (Lipinski definition) is 2. The van der Waals surface area contributed by atoms with Crippen molar-refractivity contribution in [2.45, 2.75) is 39.3 Å². The Labute approximate surface area is 125 Å². The topological polar surface area (TPSA) is 67.4 Å². The summed E-state index contributed by atoms with van der Waals surface area (Å²) in [5, 5.41) is 5.74. The van der Waals surface area contributed by atoms with Gasteiger partial charge in [-0.05, 0) is 12.0 Å². The predicted octanol–water partition coefficient (Wildman–Crippen LogP) is 1.79. The molecule has 1 aliphatic rings. The average Bonchev–Trinajstić information content (AvgIpc) is 2.44. The number of ether oxygens (including phenoxy) is 1. The molecule has 0 saturated heterocycles. The van der Waals surface area contributed by atoms with Crippen molar-refractivity contribution in [3.8, 4) is 5.75 Å². The van der Waals surface area contributed by atoms with Gasteiger partial charge in [0.15, 0.2) is 0 Å². The minimum absolute atomic E-state index is 0.0315. The molecular formula is C16H22N2O3. The van der Waals surface area contributed by atoms with Crippen LogP contribution >= 0.6 is 0 Å². The molecule has 0 bridgehead atoms. The van der Waals surface area contributed by atoms with Crippen molar-refractivity contribution in [3.63, 3.8) is 0 Å². The van der Waals surface area contributed by atoms with E-state index in [4.69, 9.17) is 4.74 Å². The van der Waals surface area contributed by atoms with Crippen LogP contribution in [0.25, 0.3) is 0 Å². The van der Waals surface area contributed by atoms with Gasteiger partial charge in [0.2, 0.25) is 11.8 Å².